The smallest absolute Gasteiger partial charge is 0.0626 e. The molecule has 2 atom stereocenters. The number of hydrogen-bond acceptors (Lipinski definition) is 2. The number of nitrogens with one attached hydrogen (secondary N) is 1. The van der Waals surface area contributed by atoms with Crippen LogP contribution in [0.25, 0.3) is 0 Å². The fourth-order valence-corrected chi connectivity index (χ4v) is 2.77. The molecule has 2 N–H and O–H groups in total. The predicted molar refractivity (Wildman–Crippen MR) is 44.3 cm³/mol. The van der Waals surface area contributed by atoms with Gasteiger partial charge in [0.05, 0.1) is 5.60 Å². The van der Waals surface area contributed by atoms with Gasteiger partial charge in [0.2, 0.25) is 0 Å². The summed E-state index contributed by atoms with van der Waals surface area (Å²) in [6.07, 6.45) is 3.33. The van der Waals surface area contributed by atoms with Crippen LogP contribution in [0.1, 0.15) is 26.2 Å². The number of rotatable bonds is 0. The summed E-state index contributed by atoms with van der Waals surface area (Å²) in [6, 6.07) is 0. The maximum Gasteiger partial charge on any atom is 0.0626 e. The summed E-state index contributed by atoms with van der Waals surface area (Å²) in [4.78, 5) is 0. The Balaban J connectivity index is 2.05. The van der Waals surface area contributed by atoms with E-state index in [-0.39, 0.29) is 5.60 Å². The van der Waals surface area contributed by atoms with E-state index >= 15 is 0 Å². The summed E-state index contributed by atoms with van der Waals surface area (Å²) in [6.45, 7) is 4.22. The molecule has 1 aliphatic carbocycles. The first-order chi connectivity index (χ1) is 5.16. The molecule has 2 nitrogen and oxygen atoms in total. The summed E-state index contributed by atoms with van der Waals surface area (Å²) in [7, 11) is 0. The zero-order valence-corrected chi connectivity index (χ0v) is 7.14. The quantitative estimate of drug-likeness (QED) is 0.541. The first kappa shape index (κ1) is 7.56. The standard InChI is InChI=1S/C9H17NO/c1-9(11)3-7-2-8(4-9)6-10-5-7/h7-8,10-11H,2-6H2,1H3. The van der Waals surface area contributed by atoms with Crippen LogP contribution in [0.2, 0.25) is 0 Å². The third kappa shape index (κ3) is 1.57. The average molecular weight is 155 g/mol. The van der Waals surface area contributed by atoms with Gasteiger partial charge in [0, 0.05) is 0 Å². The minimum absolute atomic E-state index is 0.365. The Kier molecular flexibility index (Phi) is 1.69. The number of piperidine rings is 1. The predicted octanol–water partition coefficient (Wildman–Crippen LogP) is 0.757. The summed E-state index contributed by atoms with van der Waals surface area (Å²) < 4.78 is 0. The van der Waals surface area contributed by atoms with Crippen molar-refractivity contribution in [3.8, 4) is 0 Å². The first-order valence-electron chi connectivity index (χ1n) is 4.59. The zero-order valence-electron chi connectivity index (χ0n) is 7.14. The Bertz CT molecular complexity index is 142. The fraction of sp³-hybridized carbons (Fsp3) is 1.00. The van der Waals surface area contributed by atoms with Crippen molar-refractivity contribution >= 4 is 0 Å². The molecular formula is C9H17NO. The monoisotopic (exact) mass is 155 g/mol. The van der Waals surface area contributed by atoms with Crippen molar-refractivity contribution in [2.45, 2.75) is 31.8 Å². The molecule has 0 spiro atoms. The highest BCUT2D eigenvalue weighted by Gasteiger charge is 2.37. The molecule has 2 bridgehead atoms. The van der Waals surface area contributed by atoms with E-state index < -0.39 is 0 Å². The van der Waals surface area contributed by atoms with Crippen molar-refractivity contribution in [3.63, 3.8) is 0 Å². The average Bonchev–Trinajstić information content (AvgIpc) is 1.82. The van der Waals surface area contributed by atoms with Gasteiger partial charge >= 0.3 is 0 Å². The second-order valence-electron chi connectivity index (χ2n) is 4.53. The van der Waals surface area contributed by atoms with E-state index in [4.69, 9.17) is 0 Å². The van der Waals surface area contributed by atoms with Gasteiger partial charge in [0.25, 0.3) is 0 Å². The van der Waals surface area contributed by atoms with Gasteiger partial charge in [-0.25, -0.2) is 0 Å². The molecule has 0 aromatic carbocycles. The lowest BCUT2D eigenvalue weighted by molar-refractivity contribution is -0.0315. The molecule has 11 heavy (non-hydrogen) atoms. The molecule has 0 amide bonds. The van der Waals surface area contributed by atoms with Crippen LogP contribution in [-0.4, -0.2) is 23.8 Å². The summed E-state index contributed by atoms with van der Waals surface area (Å²) in [5.41, 5.74) is -0.365. The van der Waals surface area contributed by atoms with E-state index in [9.17, 15) is 5.11 Å². The van der Waals surface area contributed by atoms with Crippen LogP contribution in [0.3, 0.4) is 0 Å². The Morgan fingerprint density at radius 1 is 1.27 bits per heavy atom. The van der Waals surface area contributed by atoms with Crippen LogP contribution >= 0.6 is 0 Å². The van der Waals surface area contributed by atoms with E-state index in [0.717, 1.165) is 37.8 Å². The molecule has 0 aromatic rings. The van der Waals surface area contributed by atoms with Crippen molar-refractivity contribution < 1.29 is 5.11 Å². The van der Waals surface area contributed by atoms with Crippen molar-refractivity contribution in [3.05, 3.63) is 0 Å². The van der Waals surface area contributed by atoms with E-state index in [1.165, 1.54) is 6.42 Å². The molecule has 64 valence electrons. The van der Waals surface area contributed by atoms with Crippen molar-refractivity contribution in [1.29, 1.82) is 0 Å². The highest BCUT2D eigenvalue weighted by Crippen LogP contribution is 2.37. The lowest BCUT2D eigenvalue weighted by atomic mass is 9.71. The van der Waals surface area contributed by atoms with Crippen LogP contribution in [0.4, 0.5) is 0 Å². The fourth-order valence-electron chi connectivity index (χ4n) is 2.77. The van der Waals surface area contributed by atoms with Crippen molar-refractivity contribution in [1.82, 2.24) is 5.32 Å². The van der Waals surface area contributed by atoms with Gasteiger partial charge in [-0.1, -0.05) is 0 Å². The molecule has 1 saturated carbocycles. The van der Waals surface area contributed by atoms with Crippen LogP contribution in [0, 0.1) is 11.8 Å². The second kappa shape index (κ2) is 2.46. The maximum atomic E-state index is 9.85. The van der Waals surface area contributed by atoms with Gasteiger partial charge < -0.3 is 10.4 Å². The second-order valence-corrected chi connectivity index (χ2v) is 4.53. The van der Waals surface area contributed by atoms with Gasteiger partial charge in [-0.2, -0.15) is 0 Å². The van der Waals surface area contributed by atoms with Crippen LogP contribution in [-0.2, 0) is 0 Å². The SMILES string of the molecule is CC1(O)CC2CNCC(C2)C1. The number of hydrogen-bond donors (Lipinski definition) is 2. The Morgan fingerprint density at radius 2 is 1.82 bits per heavy atom. The molecule has 0 radical (unpaired) electrons. The largest absolute Gasteiger partial charge is 0.390 e. The van der Waals surface area contributed by atoms with Crippen LogP contribution in [0.5, 0.6) is 0 Å². The minimum atomic E-state index is -0.365. The normalized spacial score (nSPS) is 50.7. The number of fused-ring (bicyclic) bond motifs is 2. The maximum absolute atomic E-state index is 9.85. The third-order valence-electron chi connectivity index (χ3n) is 2.99. The molecule has 2 fully saturated rings. The van der Waals surface area contributed by atoms with Crippen molar-refractivity contribution in [2.24, 2.45) is 11.8 Å². The van der Waals surface area contributed by atoms with E-state index in [1.54, 1.807) is 0 Å². The van der Waals surface area contributed by atoms with Crippen molar-refractivity contribution in [2.75, 3.05) is 13.1 Å². The van der Waals surface area contributed by atoms with Crippen LogP contribution < -0.4 is 5.32 Å². The van der Waals surface area contributed by atoms with Gasteiger partial charge in [-0.05, 0) is 51.1 Å². The Morgan fingerprint density at radius 3 is 2.36 bits per heavy atom. The molecule has 2 aliphatic rings. The van der Waals surface area contributed by atoms with Gasteiger partial charge in [0.1, 0.15) is 0 Å². The topological polar surface area (TPSA) is 32.3 Å². The molecular weight excluding hydrogens is 138 g/mol. The molecule has 1 heterocycles. The Labute approximate surface area is 68.0 Å². The Hall–Kier alpha value is -0.0800. The zero-order chi connectivity index (χ0) is 7.90. The molecule has 1 saturated heterocycles. The third-order valence-corrected chi connectivity index (χ3v) is 2.99. The highest BCUT2D eigenvalue weighted by atomic mass is 16.3. The highest BCUT2D eigenvalue weighted by molar-refractivity contribution is 4.91. The molecule has 0 aromatic heterocycles. The van der Waals surface area contributed by atoms with Crippen LogP contribution in [0.15, 0.2) is 0 Å². The minimum Gasteiger partial charge on any atom is -0.390 e. The van der Waals surface area contributed by atoms with Gasteiger partial charge in [-0.3, -0.25) is 0 Å². The van der Waals surface area contributed by atoms with E-state index in [0.29, 0.717) is 0 Å². The first-order valence-corrected chi connectivity index (χ1v) is 4.59. The summed E-state index contributed by atoms with van der Waals surface area (Å²) in [5.74, 6) is 1.47. The van der Waals surface area contributed by atoms with E-state index in [2.05, 4.69) is 5.32 Å². The van der Waals surface area contributed by atoms with Gasteiger partial charge in [0.15, 0.2) is 0 Å². The van der Waals surface area contributed by atoms with Gasteiger partial charge in [-0.15, -0.1) is 0 Å². The molecule has 2 unspecified atom stereocenters. The lowest BCUT2D eigenvalue weighted by Gasteiger charge is -2.42. The lowest BCUT2D eigenvalue weighted by Crippen LogP contribution is -2.47. The molecule has 1 aliphatic heterocycles. The number of aliphatic hydroxyl groups is 1. The summed E-state index contributed by atoms with van der Waals surface area (Å²) in [5, 5.41) is 13.3. The summed E-state index contributed by atoms with van der Waals surface area (Å²) >= 11 is 0. The van der Waals surface area contributed by atoms with E-state index in [1.807, 2.05) is 6.92 Å². The molecule has 2 heteroatoms. The molecule has 2 rings (SSSR count).